The molecule has 31 heavy (non-hydrogen) atoms. The third-order valence-corrected chi connectivity index (χ3v) is 7.15. The highest BCUT2D eigenvalue weighted by atomic mass is 32.2. The number of hydrogen-bond donors (Lipinski definition) is 1. The van der Waals surface area contributed by atoms with Crippen molar-refractivity contribution in [2.24, 2.45) is 0 Å². The van der Waals surface area contributed by atoms with Crippen molar-refractivity contribution in [3.8, 4) is 0 Å². The molecule has 0 saturated carbocycles. The maximum absolute atomic E-state index is 13.7. The third-order valence-electron chi connectivity index (χ3n) is 5.08. The molecule has 0 spiro atoms. The second-order valence-corrected chi connectivity index (χ2v) is 8.83. The average molecular weight is 446 g/mol. The van der Waals surface area contributed by atoms with Crippen molar-refractivity contribution >= 4 is 32.5 Å². The third kappa shape index (κ3) is 4.38. The number of sulfonamides is 1. The molecule has 9 heteroatoms. The molecule has 164 valence electrons. The smallest absolute Gasteiger partial charge is 0.261 e. The molecule has 0 radical (unpaired) electrons. The van der Waals surface area contributed by atoms with Crippen LogP contribution in [0.5, 0.6) is 0 Å². The van der Waals surface area contributed by atoms with Crippen LogP contribution in [0.1, 0.15) is 31.1 Å². The Kier molecular flexibility index (Phi) is 6.56. The summed E-state index contributed by atoms with van der Waals surface area (Å²) >= 11 is 0. The van der Waals surface area contributed by atoms with Crippen LogP contribution in [0.15, 0.2) is 58.4 Å². The molecule has 7 nitrogen and oxygen atoms in total. The van der Waals surface area contributed by atoms with E-state index in [0.29, 0.717) is 30.8 Å². The first-order chi connectivity index (χ1) is 14.7. The van der Waals surface area contributed by atoms with Crippen molar-refractivity contribution in [2.75, 3.05) is 18.4 Å². The number of anilines is 1. The van der Waals surface area contributed by atoms with E-state index in [1.54, 1.807) is 18.4 Å². The highest BCUT2D eigenvalue weighted by molar-refractivity contribution is 7.89. The number of halogens is 1. The van der Waals surface area contributed by atoms with Gasteiger partial charge in [0.1, 0.15) is 11.4 Å². The summed E-state index contributed by atoms with van der Waals surface area (Å²) in [4.78, 5) is 25.7. The van der Waals surface area contributed by atoms with Crippen LogP contribution in [-0.2, 0) is 16.6 Å². The van der Waals surface area contributed by atoms with E-state index in [1.165, 1.54) is 46.9 Å². The maximum Gasteiger partial charge on any atom is 0.261 e. The Balaban J connectivity index is 1.93. The highest BCUT2D eigenvalue weighted by Gasteiger charge is 2.21. The van der Waals surface area contributed by atoms with Crippen molar-refractivity contribution in [3.05, 3.63) is 70.3 Å². The molecule has 0 aliphatic heterocycles. The van der Waals surface area contributed by atoms with E-state index in [4.69, 9.17) is 0 Å². The molecule has 1 aromatic heterocycles. The molecule has 0 aliphatic carbocycles. The average Bonchev–Trinajstić information content (AvgIpc) is 2.75. The summed E-state index contributed by atoms with van der Waals surface area (Å²) in [6.45, 7) is 6.56. The minimum atomic E-state index is -3.61. The number of carbonyl (C=O) groups excluding carboxylic acids is 1. The zero-order valence-corrected chi connectivity index (χ0v) is 18.4. The Morgan fingerprint density at radius 2 is 1.71 bits per heavy atom. The number of aryl methyl sites for hydroxylation is 1. The van der Waals surface area contributed by atoms with Crippen LogP contribution in [0, 0.1) is 5.82 Å². The lowest BCUT2D eigenvalue weighted by Crippen LogP contribution is -2.30. The summed E-state index contributed by atoms with van der Waals surface area (Å²) in [5.41, 5.74) is 0.180. The normalized spacial score (nSPS) is 11.8. The van der Waals surface area contributed by atoms with Crippen molar-refractivity contribution in [2.45, 2.75) is 32.2 Å². The number of benzene rings is 2. The number of fused-ring (bicyclic) bond motifs is 1. The van der Waals surface area contributed by atoms with Gasteiger partial charge in [0.05, 0.1) is 10.4 Å². The van der Waals surface area contributed by atoms with Crippen LogP contribution in [0.2, 0.25) is 0 Å². The van der Waals surface area contributed by atoms with Gasteiger partial charge in [0.25, 0.3) is 5.91 Å². The number of hydrogen-bond acceptors (Lipinski definition) is 4. The minimum Gasteiger partial charge on any atom is -0.347 e. The molecular formula is C22H24FN3O4S. The van der Waals surface area contributed by atoms with Gasteiger partial charge in [0.15, 0.2) is 0 Å². The molecule has 1 heterocycles. The molecule has 0 fully saturated rings. The topological polar surface area (TPSA) is 88.5 Å². The molecule has 0 atom stereocenters. The number of nitrogens with zero attached hydrogens (tertiary/aromatic N) is 2. The van der Waals surface area contributed by atoms with Gasteiger partial charge in [-0.2, -0.15) is 4.31 Å². The minimum absolute atomic E-state index is 0.115. The van der Waals surface area contributed by atoms with Gasteiger partial charge in [-0.1, -0.05) is 13.8 Å². The van der Waals surface area contributed by atoms with Crippen LogP contribution in [0.3, 0.4) is 0 Å². The van der Waals surface area contributed by atoms with Gasteiger partial charge >= 0.3 is 0 Å². The second kappa shape index (κ2) is 8.99. The Labute approximate surface area is 180 Å². The fourth-order valence-corrected chi connectivity index (χ4v) is 4.87. The van der Waals surface area contributed by atoms with E-state index >= 15 is 0 Å². The van der Waals surface area contributed by atoms with Crippen LogP contribution in [0.25, 0.3) is 10.9 Å². The van der Waals surface area contributed by atoms with E-state index in [2.05, 4.69) is 5.32 Å². The molecule has 0 saturated heterocycles. The summed E-state index contributed by atoms with van der Waals surface area (Å²) in [6, 6.07) is 9.63. The van der Waals surface area contributed by atoms with Crippen molar-refractivity contribution in [1.82, 2.24) is 8.87 Å². The molecule has 3 rings (SSSR count). The van der Waals surface area contributed by atoms with Gasteiger partial charge in [-0.3, -0.25) is 9.59 Å². The molecule has 0 unspecified atom stereocenters. The summed E-state index contributed by atoms with van der Waals surface area (Å²) in [5.74, 6) is -1.22. The molecule has 1 N–H and O–H groups in total. The van der Waals surface area contributed by atoms with E-state index in [0.717, 1.165) is 6.07 Å². The molecule has 3 aromatic rings. The van der Waals surface area contributed by atoms with Crippen LogP contribution >= 0.6 is 0 Å². The summed E-state index contributed by atoms with van der Waals surface area (Å²) in [7, 11) is -3.61. The van der Waals surface area contributed by atoms with Crippen molar-refractivity contribution < 1.29 is 17.6 Å². The molecule has 1 amide bonds. The Bertz CT molecular complexity index is 1280. The van der Waals surface area contributed by atoms with E-state index in [1.807, 2.05) is 6.92 Å². The summed E-state index contributed by atoms with van der Waals surface area (Å²) in [5, 5.41) is 2.73. The maximum atomic E-state index is 13.7. The van der Waals surface area contributed by atoms with Gasteiger partial charge in [0.2, 0.25) is 15.5 Å². The van der Waals surface area contributed by atoms with Gasteiger partial charge in [0, 0.05) is 36.9 Å². The Morgan fingerprint density at radius 1 is 1.06 bits per heavy atom. The van der Waals surface area contributed by atoms with Gasteiger partial charge < -0.3 is 9.88 Å². The fourth-order valence-electron chi connectivity index (χ4n) is 3.41. The predicted molar refractivity (Wildman–Crippen MR) is 118 cm³/mol. The number of carbonyl (C=O) groups is 1. The van der Waals surface area contributed by atoms with Crippen LogP contribution in [0.4, 0.5) is 10.1 Å². The first-order valence-electron chi connectivity index (χ1n) is 9.97. The Morgan fingerprint density at radius 3 is 2.29 bits per heavy atom. The summed E-state index contributed by atoms with van der Waals surface area (Å²) in [6.07, 6.45) is 1.44. The lowest BCUT2D eigenvalue weighted by Gasteiger charge is -2.18. The number of aromatic nitrogens is 1. The molecular weight excluding hydrogens is 421 g/mol. The van der Waals surface area contributed by atoms with E-state index in [9.17, 15) is 22.4 Å². The summed E-state index contributed by atoms with van der Waals surface area (Å²) < 4.78 is 41.9. The molecule has 0 aliphatic rings. The lowest BCUT2D eigenvalue weighted by atomic mass is 10.1. The number of pyridine rings is 1. The van der Waals surface area contributed by atoms with Crippen LogP contribution in [-0.4, -0.2) is 36.3 Å². The van der Waals surface area contributed by atoms with Gasteiger partial charge in [-0.25, -0.2) is 12.8 Å². The zero-order valence-electron chi connectivity index (χ0n) is 17.6. The number of amides is 1. The number of nitrogens with one attached hydrogen (secondary N) is 1. The standard InChI is InChI=1S/C22H24FN3O4S/c1-4-25-14-19(21(27)18-13-15(23)7-12-20(18)25)22(28)24-16-8-10-17(11-9-16)31(29,30)26(5-2)6-3/h7-14H,4-6H2,1-3H3,(H,24,28). The molecule has 2 aromatic carbocycles. The van der Waals surface area contributed by atoms with Crippen molar-refractivity contribution in [3.63, 3.8) is 0 Å². The Hall–Kier alpha value is -3.04. The van der Waals surface area contributed by atoms with E-state index < -0.39 is 27.2 Å². The van der Waals surface area contributed by atoms with Crippen molar-refractivity contribution in [1.29, 1.82) is 0 Å². The molecule has 0 bridgehead atoms. The highest BCUT2D eigenvalue weighted by Crippen LogP contribution is 2.19. The fraction of sp³-hybridized carbons (Fsp3) is 0.273. The quantitative estimate of drug-likeness (QED) is 0.603. The number of rotatable bonds is 7. The van der Waals surface area contributed by atoms with E-state index in [-0.39, 0.29) is 15.8 Å². The lowest BCUT2D eigenvalue weighted by molar-refractivity contribution is 0.102. The zero-order chi connectivity index (χ0) is 22.8. The van der Waals surface area contributed by atoms with Gasteiger partial charge in [-0.05, 0) is 49.4 Å². The van der Waals surface area contributed by atoms with Gasteiger partial charge in [-0.15, -0.1) is 0 Å². The van der Waals surface area contributed by atoms with Crippen LogP contribution < -0.4 is 10.7 Å². The second-order valence-electron chi connectivity index (χ2n) is 6.89. The monoisotopic (exact) mass is 445 g/mol. The SMILES string of the molecule is CCN(CC)S(=O)(=O)c1ccc(NC(=O)c2cn(CC)c3ccc(F)cc3c2=O)cc1. The predicted octanol–water partition coefficient (Wildman–Crippen LogP) is 3.44. The first-order valence-corrected chi connectivity index (χ1v) is 11.4. The largest absolute Gasteiger partial charge is 0.347 e. The first kappa shape index (κ1) is 22.6.